The summed E-state index contributed by atoms with van der Waals surface area (Å²) in [6, 6.07) is 2.92. The highest BCUT2D eigenvalue weighted by molar-refractivity contribution is 7.89. The minimum atomic E-state index is -4.04. The van der Waals surface area contributed by atoms with Gasteiger partial charge in [-0.15, -0.1) is 0 Å². The molecule has 1 aliphatic heterocycles. The molecular formula is C12H15FN2O4S. The molecule has 0 radical (unpaired) electrons. The second-order valence-electron chi connectivity index (χ2n) is 4.75. The number of amides is 1. The van der Waals surface area contributed by atoms with Crippen molar-refractivity contribution in [3.05, 3.63) is 24.0 Å². The Morgan fingerprint density at radius 3 is 2.75 bits per heavy atom. The van der Waals surface area contributed by atoms with Crippen LogP contribution in [0.4, 0.5) is 10.1 Å². The second-order valence-corrected chi connectivity index (χ2v) is 6.28. The van der Waals surface area contributed by atoms with E-state index in [-0.39, 0.29) is 29.2 Å². The van der Waals surface area contributed by atoms with Crippen LogP contribution < -0.4 is 10.5 Å². The molecule has 0 spiro atoms. The topological polar surface area (TPSA) is 98.5 Å². The molecule has 0 bridgehead atoms. The van der Waals surface area contributed by atoms with E-state index in [0.29, 0.717) is 6.42 Å². The molecular weight excluding hydrogens is 287 g/mol. The number of halogens is 1. The fourth-order valence-corrected chi connectivity index (χ4v) is 2.76. The molecule has 2 unspecified atom stereocenters. The first-order valence-corrected chi connectivity index (χ1v) is 7.57. The van der Waals surface area contributed by atoms with Crippen LogP contribution >= 0.6 is 0 Å². The maximum Gasteiger partial charge on any atom is 0.240 e. The molecule has 0 aliphatic carbocycles. The number of carbonyl (C=O) groups excluding carboxylic acids is 1. The lowest BCUT2D eigenvalue weighted by atomic mass is 10.1. The highest BCUT2D eigenvalue weighted by Crippen LogP contribution is 2.25. The molecule has 2 atom stereocenters. The number of anilines is 1. The molecule has 20 heavy (non-hydrogen) atoms. The summed E-state index contributed by atoms with van der Waals surface area (Å²) in [5, 5.41) is 7.43. The minimum Gasteiger partial charge on any atom is -0.378 e. The van der Waals surface area contributed by atoms with Crippen LogP contribution in [0.2, 0.25) is 0 Å². The number of rotatable bonds is 3. The fraction of sp³-hybridized carbons (Fsp3) is 0.417. The SMILES string of the molecule is CC1CC(C(=O)Nc2cc(F)ccc2S(N)(=O)=O)CO1. The van der Waals surface area contributed by atoms with E-state index in [1.165, 1.54) is 0 Å². The number of nitrogens with two attached hydrogens (primary N) is 1. The van der Waals surface area contributed by atoms with Gasteiger partial charge in [-0.1, -0.05) is 0 Å². The summed E-state index contributed by atoms with van der Waals surface area (Å²) in [6.45, 7) is 2.10. The molecule has 1 aliphatic rings. The molecule has 1 amide bonds. The van der Waals surface area contributed by atoms with Crippen LogP contribution in [0.5, 0.6) is 0 Å². The Kier molecular flexibility index (Phi) is 4.07. The van der Waals surface area contributed by atoms with Gasteiger partial charge in [0.1, 0.15) is 10.7 Å². The third kappa shape index (κ3) is 3.33. The van der Waals surface area contributed by atoms with E-state index in [4.69, 9.17) is 9.88 Å². The Labute approximate surface area is 116 Å². The van der Waals surface area contributed by atoms with Gasteiger partial charge in [0.25, 0.3) is 0 Å². The van der Waals surface area contributed by atoms with Crippen molar-refractivity contribution < 1.29 is 22.3 Å². The maximum absolute atomic E-state index is 13.2. The molecule has 3 N–H and O–H groups in total. The maximum atomic E-state index is 13.2. The number of benzene rings is 1. The van der Waals surface area contributed by atoms with Crippen molar-refractivity contribution >= 4 is 21.6 Å². The molecule has 0 aromatic heterocycles. The van der Waals surface area contributed by atoms with Gasteiger partial charge in [0.2, 0.25) is 15.9 Å². The number of nitrogens with one attached hydrogen (secondary N) is 1. The largest absolute Gasteiger partial charge is 0.378 e. The van der Waals surface area contributed by atoms with Crippen molar-refractivity contribution in [1.29, 1.82) is 0 Å². The predicted molar refractivity (Wildman–Crippen MR) is 69.9 cm³/mol. The zero-order valence-electron chi connectivity index (χ0n) is 10.8. The van der Waals surface area contributed by atoms with Crippen LogP contribution in [-0.2, 0) is 19.6 Å². The molecule has 2 rings (SSSR count). The van der Waals surface area contributed by atoms with Gasteiger partial charge in [-0.05, 0) is 31.5 Å². The van der Waals surface area contributed by atoms with Crippen molar-refractivity contribution in [3.8, 4) is 0 Å². The van der Waals surface area contributed by atoms with Gasteiger partial charge in [-0.25, -0.2) is 17.9 Å². The Bertz CT molecular complexity index is 632. The van der Waals surface area contributed by atoms with Crippen molar-refractivity contribution in [2.24, 2.45) is 11.1 Å². The number of hydrogen-bond donors (Lipinski definition) is 2. The van der Waals surface area contributed by atoms with Gasteiger partial charge in [0, 0.05) is 0 Å². The average molecular weight is 302 g/mol. The molecule has 110 valence electrons. The summed E-state index contributed by atoms with van der Waals surface area (Å²) in [5.74, 6) is -1.46. The van der Waals surface area contributed by atoms with E-state index < -0.39 is 21.7 Å². The number of primary sulfonamides is 1. The van der Waals surface area contributed by atoms with Gasteiger partial charge in [-0.3, -0.25) is 4.79 Å². The molecule has 1 fully saturated rings. The molecule has 1 heterocycles. The van der Waals surface area contributed by atoms with Crippen LogP contribution in [0.15, 0.2) is 23.1 Å². The lowest BCUT2D eigenvalue weighted by Crippen LogP contribution is -2.25. The predicted octanol–water partition coefficient (Wildman–Crippen LogP) is 0.837. The summed E-state index contributed by atoms with van der Waals surface area (Å²) in [5.41, 5.74) is -0.156. The monoisotopic (exact) mass is 302 g/mol. The summed E-state index contributed by atoms with van der Waals surface area (Å²) < 4.78 is 41.3. The Hall–Kier alpha value is -1.51. The van der Waals surface area contributed by atoms with E-state index in [1.807, 2.05) is 6.92 Å². The Morgan fingerprint density at radius 1 is 1.50 bits per heavy atom. The molecule has 1 aromatic rings. The summed E-state index contributed by atoms with van der Waals surface area (Å²) in [6.07, 6.45) is 0.502. The highest BCUT2D eigenvalue weighted by atomic mass is 32.2. The standard InChI is InChI=1S/C12H15FN2O4S/c1-7-4-8(6-19-7)12(16)15-10-5-9(13)2-3-11(10)20(14,17)18/h2-3,5,7-8H,4,6H2,1H3,(H,15,16)(H2,14,17,18). The smallest absolute Gasteiger partial charge is 0.240 e. The third-order valence-corrected chi connectivity index (χ3v) is 4.04. The van der Waals surface area contributed by atoms with Gasteiger partial charge in [-0.2, -0.15) is 0 Å². The quantitative estimate of drug-likeness (QED) is 0.864. The van der Waals surface area contributed by atoms with Crippen molar-refractivity contribution in [2.75, 3.05) is 11.9 Å². The van der Waals surface area contributed by atoms with Crippen molar-refractivity contribution in [2.45, 2.75) is 24.3 Å². The number of ether oxygens (including phenoxy) is 1. The lowest BCUT2D eigenvalue weighted by molar-refractivity contribution is -0.119. The van der Waals surface area contributed by atoms with E-state index in [9.17, 15) is 17.6 Å². The van der Waals surface area contributed by atoms with Crippen LogP contribution in [-0.4, -0.2) is 27.0 Å². The first kappa shape index (κ1) is 14.9. The van der Waals surface area contributed by atoms with Crippen molar-refractivity contribution in [1.82, 2.24) is 0 Å². The zero-order chi connectivity index (χ0) is 14.9. The Morgan fingerprint density at radius 2 is 2.20 bits per heavy atom. The Balaban J connectivity index is 2.24. The number of hydrogen-bond acceptors (Lipinski definition) is 4. The summed E-state index contributed by atoms with van der Waals surface area (Å²) >= 11 is 0. The van der Waals surface area contributed by atoms with E-state index in [2.05, 4.69) is 5.32 Å². The number of sulfonamides is 1. The van der Waals surface area contributed by atoms with E-state index in [1.54, 1.807) is 0 Å². The molecule has 6 nitrogen and oxygen atoms in total. The molecule has 0 saturated carbocycles. The minimum absolute atomic E-state index is 0.0315. The summed E-state index contributed by atoms with van der Waals surface area (Å²) in [4.78, 5) is 11.7. The molecule has 8 heteroatoms. The van der Waals surface area contributed by atoms with Gasteiger partial charge >= 0.3 is 0 Å². The van der Waals surface area contributed by atoms with Crippen LogP contribution in [0.1, 0.15) is 13.3 Å². The lowest BCUT2D eigenvalue weighted by Gasteiger charge is -2.12. The number of carbonyl (C=O) groups is 1. The molecule has 1 saturated heterocycles. The first-order chi connectivity index (χ1) is 9.27. The summed E-state index contributed by atoms with van der Waals surface area (Å²) in [7, 11) is -4.04. The van der Waals surface area contributed by atoms with Crippen LogP contribution in [0.25, 0.3) is 0 Å². The fourth-order valence-electron chi connectivity index (χ4n) is 2.08. The van der Waals surface area contributed by atoms with E-state index in [0.717, 1.165) is 18.2 Å². The van der Waals surface area contributed by atoms with Gasteiger partial charge in [0.05, 0.1) is 24.3 Å². The zero-order valence-corrected chi connectivity index (χ0v) is 11.6. The van der Waals surface area contributed by atoms with Crippen LogP contribution in [0, 0.1) is 11.7 Å². The molecule has 1 aromatic carbocycles. The van der Waals surface area contributed by atoms with E-state index >= 15 is 0 Å². The third-order valence-electron chi connectivity index (χ3n) is 3.08. The normalized spacial score (nSPS) is 22.8. The first-order valence-electron chi connectivity index (χ1n) is 6.02. The second kappa shape index (κ2) is 5.47. The van der Waals surface area contributed by atoms with Crippen LogP contribution in [0.3, 0.4) is 0 Å². The highest BCUT2D eigenvalue weighted by Gasteiger charge is 2.29. The van der Waals surface area contributed by atoms with Crippen molar-refractivity contribution in [3.63, 3.8) is 0 Å². The van der Waals surface area contributed by atoms with Gasteiger partial charge < -0.3 is 10.1 Å². The average Bonchev–Trinajstić information content (AvgIpc) is 2.74. The van der Waals surface area contributed by atoms with Gasteiger partial charge in [0.15, 0.2) is 0 Å².